The number of amides is 1. The van der Waals surface area contributed by atoms with Crippen LogP contribution >= 0.6 is 11.3 Å². The van der Waals surface area contributed by atoms with E-state index in [2.05, 4.69) is 5.32 Å². The Bertz CT molecular complexity index is 461. The molecule has 1 aromatic heterocycles. The van der Waals surface area contributed by atoms with Gasteiger partial charge in [0, 0.05) is 4.88 Å². The molecule has 110 valence electrons. The number of carbonyl (C=O) groups excluding carboxylic acids is 2. The van der Waals surface area contributed by atoms with Crippen molar-refractivity contribution in [3.8, 4) is 0 Å². The minimum Gasteiger partial charge on any atom is -0.468 e. The molecular weight excluding hydrogens is 276 g/mol. The van der Waals surface area contributed by atoms with Crippen molar-refractivity contribution in [2.75, 3.05) is 20.2 Å². The molecule has 1 aliphatic rings. The molecule has 20 heavy (non-hydrogen) atoms. The van der Waals surface area contributed by atoms with Crippen LogP contribution in [-0.4, -0.2) is 43.0 Å². The van der Waals surface area contributed by atoms with E-state index in [-0.39, 0.29) is 30.5 Å². The minimum absolute atomic E-state index is 0.00156. The Morgan fingerprint density at radius 1 is 1.60 bits per heavy atom. The number of esters is 1. The number of thiophene rings is 1. The van der Waals surface area contributed by atoms with Crippen molar-refractivity contribution in [1.82, 2.24) is 10.2 Å². The lowest BCUT2D eigenvalue weighted by atomic mass is 10.2. The molecule has 1 amide bonds. The van der Waals surface area contributed by atoms with E-state index in [0.717, 1.165) is 24.3 Å². The van der Waals surface area contributed by atoms with Crippen LogP contribution in [0.15, 0.2) is 17.5 Å². The third-order valence-corrected chi connectivity index (χ3v) is 4.59. The normalized spacial score (nSPS) is 20.6. The van der Waals surface area contributed by atoms with Crippen molar-refractivity contribution in [3.63, 3.8) is 0 Å². The summed E-state index contributed by atoms with van der Waals surface area (Å²) in [6.45, 7) is 2.97. The number of methoxy groups -OCH3 is 1. The maximum atomic E-state index is 12.1. The molecule has 1 fully saturated rings. The van der Waals surface area contributed by atoms with Gasteiger partial charge in [0.05, 0.1) is 19.7 Å². The largest absolute Gasteiger partial charge is 0.468 e. The summed E-state index contributed by atoms with van der Waals surface area (Å²) in [7, 11) is 1.39. The van der Waals surface area contributed by atoms with E-state index in [1.54, 1.807) is 11.3 Å². The Balaban J connectivity index is 1.86. The van der Waals surface area contributed by atoms with Crippen LogP contribution in [0.1, 0.15) is 30.7 Å². The molecular formula is C14H20N2O3S. The van der Waals surface area contributed by atoms with Gasteiger partial charge in [-0.25, -0.2) is 0 Å². The van der Waals surface area contributed by atoms with Crippen LogP contribution in [0.2, 0.25) is 0 Å². The number of nitrogens with zero attached hydrogens (tertiary/aromatic N) is 1. The SMILES string of the molecule is COC(=O)C1CCCN1CC(=O)NC(C)c1cccs1. The second kappa shape index (κ2) is 6.85. The summed E-state index contributed by atoms with van der Waals surface area (Å²) in [5.74, 6) is -0.302. The van der Waals surface area contributed by atoms with E-state index >= 15 is 0 Å². The van der Waals surface area contributed by atoms with Gasteiger partial charge < -0.3 is 10.1 Å². The predicted octanol–water partition coefficient (Wildman–Crippen LogP) is 1.56. The number of hydrogen-bond acceptors (Lipinski definition) is 5. The van der Waals surface area contributed by atoms with Crippen LogP contribution in [0.25, 0.3) is 0 Å². The van der Waals surface area contributed by atoms with Gasteiger partial charge in [-0.3, -0.25) is 14.5 Å². The van der Waals surface area contributed by atoms with Crippen molar-refractivity contribution in [1.29, 1.82) is 0 Å². The number of carbonyl (C=O) groups is 2. The highest BCUT2D eigenvalue weighted by Gasteiger charge is 2.32. The van der Waals surface area contributed by atoms with Gasteiger partial charge >= 0.3 is 5.97 Å². The molecule has 1 aromatic rings. The van der Waals surface area contributed by atoms with Crippen LogP contribution < -0.4 is 5.32 Å². The molecule has 1 aliphatic heterocycles. The average molecular weight is 296 g/mol. The second-order valence-electron chi connectivity index (χ2n) is 4.96. The van der Waals surface area contributed by atoms with Crippen LogP contribution in [-0.2, 0) is 14.3 Å². The van der Waals surface area contributed by atoms with Crippen molar-refractivity contribution in [2.45, 2.75) is 31.8 Å². The first kappa shape index (κ1) is 15.0. The molecule has 5 nitrogen and oxygen atoms in total. The summed E-state index contributed by atoms with van der Waals surface area (Å²) >= 11 is 1.62. The van der Waals surface area contributed by atoms with E-state index < -0.39 is 0 Å². The van der Waals surface area contributed by atoms with Gasteiger partial charge in [0.15, 0.2) is 0 Å². The van der Waals surface area contributed by atoms with E-state index in [9.17, 15) is 9.59 Å². The third kappa shape index (κ3) is 3.58. The summed E-state index contributed by atoms with van der Waals surface area (Å²) in [6.07, 6.45) is 1.69. The monoisotopic (exact) mass is 296 g/mol. The average Bonchev–Trinajstić information content (AvgIpc) is 3.08. The fourth-order valence-electron chi connectivity index (χ4n) is 2.50. The second-order valence-corrected chi connectivity index (χ2v) is 5.94. The number of ether oxygens (including phenoxy) is 1. The van der Waals surface area contributed by atoms with Gasteiger partial charge in [-0.2, -0.15) is 0 Å². The summed E-state index contributed by atoms with van der Waals surface area (Å²) in [4.78, 5) is 26.7. The van der Waals surface area contributed by atoms with Crippen molar-refractivity contribution >= 4 is 23.2 Å². The van der Waals surface area contributed by atoms with E-state index in [4.69, 9.17) is 4.74 Å². The smallest absolute Gasteiger partial charge is 0.323 e. The Labute approximate surface area is 122 Å². The molecule has 0 bridgehead atoms. The van der Waals surface area contributed by atoms with E-state index in [1.807, 2.05) is 29.3 Å². The highest BCUT2D eigenvalue weighted by molar-refractivity contribution is 7.10. The van der Waals surface area contributed by atoms with E-state index in [1.165, 1.54) is 7.11 Å². The molecule has 6 heteroatoms. The molecule has 0 aromatic carbocycles. The molecule has 2 rings (SSSR count). The number of hydrogen-bond donors (Lipinski definition) is 1. The Morgan fingerprint density at radius 2 is 2.40 bits per heavy atom. The molecule has 0 radical (unpaired) electrons. The Kier molecular flexibility index (Phi) is 5.14. The number of nitrogens with one attached hydrogen (secondary N) is 1. The number of likely N-dealkylation sites (tertiary alicyclic amines) is 1. The zero-order chi connectivity index (χ0) is 14.5. The van der Waals surface area contributed by atoms with E-state index in [0.29, 0.717) is 0 Å². The summed E-state index contributed by atoms with van der Waals surface area (Å²) in [5.41, 5.74) is 0. The maximum absolute atomic E-state index is 12.1. The fraction of sp³-hybridized carbons (Fsp3) is 0.571. The van der Waals surface area contributed by atoms with Gasteiger partial charge in [0.1, 0.15) is 6.04 Å². The van der Waals surface area contributed by atoms with Gasteiger partial charge in [0.2, 0.25) is 5.91 Å². The Morgan fingerprint density at radius 3 is 3.05 bits per heavy atom. The molecule has 0 saturated carbocycles. The van der Waals surface area contributed by atoms with Crippen LogP contribution in [0, 0.1) is 0 Å². The lowest BCUT2D eigenvalue weighted by Crippen LogP contribution is -2.43. The topological polar surface area (TPSA) is 58.6 Å². The van der Waals surface area contributed by atoms with Crippen molar-refractivity contribution in [3.05, 3.63) is 22.4 Å². The highest BCUT2D eigenvalue weighted by atomic mass is 32.1. The van der Waals surface area contributed by atoms with Gasteiger partial charge in [-0.05, 0) is 37.8 Å². The molecule has 2 heterocycles. The maximum Gasteiger partial charge on any atom is 0.323 e. The minimum atomic E-state index is -0.275. The molecule has 0 spiro atoms. The summed E-state index contributed by atoms with van der Waals surface area (Å²) in [5, 5.41) is 4.96. The first-order valence-electron chi connectivity index (χ1n) is 6.76. The van der Waals surface area contributed by atoms with Crippen molar-refractivity contribution < 1.29 is 14.3 Å². The standard InChI is InChI=1S/C14H20N2O3S/c1-10(12-6-4-8-20-12)15-13(17)9-16-7-3-5-11(16)14(18)19-2/h4,6,8,10-11H,3,5,7,9H2,1-2H3,(H,15,17). The highest BCUT2D eigenvalue weighted by Crippen LogP contribution is 2.20. The molecule has 1 N–H and O–H groups in total. The molecule has 2 atom stereocenters. The lowest BCUT2D eigenvalue weighted by Gasteiger charge is -2.22. The first-order chi connectivity index (χ1) is 9.61. The van der Waals surface area contributed by atoms with Crippen LogP contribution in [0.3, 0.4) is 0 Å². The fourth-order valence-corrected chi connectivity index (χ4v) is 3.23. The zero-order valence-corrected chi connectivity index (χ0v) is 12.6. The molecule has 1 saturated heterocycles. The summed E-state index contributed by atoms with van der Waals surface area (Å²) < 4.78 is 4.78. The number of rotatable bonds is 5. The molecule has 0 aliphatic carbocycles. The van der Waals surface area contributed by atoms with Gasteiger partial charge in [-0.15, -0.1) is 11.3 Å². The predicted molar refractivity (Wildman–Crippen MR) is 77.5 cm³/mol. The lowest BCUT2D eigenvalue weighted by molar-refractivity contribution is -0.146. The first-order valence-corrected chi connectivity index (χ1v) is 7.64. The van der Waals surface area contributed by atoms with Gasteiger partial charge in [-0.1, -0.05) is 6.07 Å². The Hall–Kier alpha value is -1.40. The third-order valence-electron chi connectivity index (χ3n) is 3.53. The van der Waals surface area contributed by atoms with Crippen LogP contribution in [0.5, 0.6) is 0 Å². The molecule has 2 unspecified atom stereocenters. The zero-order valence-electron chi connectivity index (χ0n) is 11.8. The summed E-state index contributed by atoms with van der Waals surface area (Å²) in [6, 6.07) is 3.70. The quantitative estimate of drug-likeness (QED) is 0.838. The van der Waals surface area contributed by atoms with Crippen LogP contribution in [0.4, 0.5) is 0 Å². The van der Waals surface area contributed by atoms with Crippen molar-refractivity contribution in [2.24, 2.45) is 0 Å². The van der Waals surface area contributed by atoms with Gasteiger partial charge in [0.25, 0.3) is 0 Å².